The molecule has 0 amide bonds. The summed E-state index contributed by atoms with van der Waals surface area (Å²) in [5, 5.41) is 8.94. The average molecular weight is 309 g/mol. The number of Topliss-reactive ketones (excluding diaryl/α,β-unsaturated/α-hetero) is 1. The lowest BCUT2D eigenvalue weighted by atomic mass is 10.0. The molecule has 0 spiro atoms. The molecule has 0 aliphatic carbocycles. The second-order valence-electron chi connectivity index (χ2n) is 5.17. The largest absolute Gasteiger partial charge is 0.496 e. The van der Waals surface area contributed by atoms with Gasteiger partial charge in [0.15, 0.2) is 5.78 Å². The van der Waals surface area contributed by atoms with Gasteiger partial charge in [-0.2, -0.15) is 5.26 Å². The zero-order chi connectivity index (χ0) is 16.8. The van der Waals surface area contributed by atoms with Crippen LogP contribution < -0.4 is 9.47 Å². The molecule has 0 heterocycles. The predicted molar refractivity (Wildman–Crippen MR) is 87.9 cm³/mol. The lowest BCUT2D eigenvalue weighted by molar-refractivity contribution is 0.101. The van der Waals surface area contributed by atoms with Crippen LogP contribution in [0.4, 0.5) is 0 Å². The van der Waals surface area contributed by atoms with Crippen LogP contribution in [0.3, 0.4) is 0 Å². The van der Waals surface area contributed by atoms with Crippen LogP contribution in [0.5, 0.6) is 11.5 Å². The average Bonchev–Trinajstić information content (AvgIpc) is 2.59. The number of ketones is 1. The summed E-state index contributed by atoms with van der Waals surface area (Å²) >= 11 is 0. The predicted octanol–water partition coefficient (Wildman–Crippen LogP) is 3.91. The fourth-order valence-electron chi connectivity index (χ4n) is 2.35. The Kier molecular flexibility index (Phi) is 5.37. The highest BCUT2D eigenvalue weighted by Crippen LogP contribution is 2.30. The van der Waals surface area contributed by atoms with E-state index in [0.29, 0.717) is 29.2 Å². The highest BCUT2D eigenvalue weighted by atomic mass is 16.5. The van der Waals surface area contributed by atoms with Crippen LogP contribution in [0.25, 0.3) is 0 Å². The monoisotopic (exact) mass is 309 g/mol. The summed E-state index contributed by atoms with van der Waals surface area (Å²) in [6, 6.07) is 13.0. The Hall–Kier alpha value is -2.80. The summed E-state index contributed by atoms with van der Waals surface area (Å²) in [6.07, 6.45) is 0.748. The van der Waals surface area contributed by atoms with E-state index in [1.807, 2.05) is 25.1 Å². The Morgan fingerprint density at radius 3 is 2.61 bits per heavy atom. The molecule has 0 saturated heterocycles. The van der Waals surface area contributed by atoms with Crippen LogP contribution in [0.2, 0.25) is 0 Å². The number of nitrogens with zero attached hydrogens (tertiary/aromatic N) is 1. The first-order valence-electron chi connectivity index (χ1n) is 7.42. The molecule has 0 saturated carbocycles. The summed E-state index contributed by atoms with van der Waals surface area (Å²) in [6.45, 7) is 3.88. The number of carbonyl (C=O) groups is 1. The van der Waals surface area contributed by atoms with Gasteiger partial charge in [0.05, 0.1) is 24.3 Å². The summed E-state index contributed by atoms with van der Waals surface area (Å²) in [4.78, 5) is 11.7. The van der Waals surface area contributed by atoms with Crippen molar-refractivity contribution >= 4 is 5.78 Å². The molecule has 0 N–H and O–H groups in total. The summed E-state index contributed by atoms with van der Waals surface area (Å²) in [5.41, 5.74) is 3.03. The molecule has 2 aromatic carbocycles. The van der Waals surface area contributed by atoms with Crippen molar-refractivity contribution in [2.75, 3.05) is 7.11 Å². The van der Waals surface area contributed by atoms with Crippen molar-refractivity contribution in [2.24, 2.45) is 0 Å². The van der Waals surface area contributed by atoms with Gasteiger partial charge in [0, 0.05) is 6.07 Å². The van der Waals surface area contributed by atoms with E-state index in [-0.39, 0.29) is 5.78 Å². The smallest absolute Gasteiger partial charge is 0.163 e. The van der Waals surface area contributed by atoms with Crippen LogP contribution in [0, 0.1) is 11.3 Å². The first-order chi connectivity index (χ1) is 11.1. The quantitative estimate of drug-likeness (QED) is 0.759. The third-order valence-corrected chi connectivity index (χ3v) is 3.59. The van der Waals surface area contributed by atoms with E-state index in [1.54, 1.807) is 18.2 Å². The first-order valence-corrected chi connectivity index (χ1v) is 7.42. The van der Waals surface area contributed by atoms with Crippen molar-refractivity contribution < 1.29 is 14.3 Å². The van der Waals surface area contributed by atoms with Crippen LogP contribution >= 0.6 is 0 Å². The topological polar surface area (TPSA) is 59.3 Å². The Balaban J connectivity index is 2.28. The van der Waals surface area contributed by atoms with Crippen molar-refractivity contribution in [1.29, 1.82) is 5.26 Å². The second-order valence-corrected chi connectivity index (χ2v) is 5.17. The van der Waals surface area contributed by atoms with Crippen molar-refractivity contribution in [3.8, 4) is 17.6 Å². The number of carbonyl (C=O) groups excluding carboxylic acids is 1. The molecule has 118 valence electrons. The molecule has 0 aromatic heterocycles. The molecule has 2 rings (SSSR count). The number of nitriles is 1. The fourth-order valence-corrected chi connectivity index (χ4v) is 2.35. The standard InChI is InChI=1S/C19H19NO3/c1-4-16-9-17(13(2)21)19(22-3)10-18(16)23-12-15-7-5-6-14(8-15)11-20/h5-10H,4,12H2,1-3H3. The molecule has 0 unspecified atom stereocenters. The third kappa shape index (κ3) is 3.89. The second kappa shape index (κ2) is 7.46. The van der Waals surface area contributed by atoms with E-state index in [9.17, 15) is 4.79 Å². The normalized spacial score (nSPS) is 10.0. The third-order valence-electron chi connectivity index (χ3n) is 3.59. The van der Waals surface area contributed by atoms with E-state index < -0.39 is 0 Å². The molecular formula is C19H19NO3. The number of hydrogen-bond donors (Lipinski definition) is 0. The molecular weight excluding hydrogens is 290 g/mol. The van der Waals surface area contributed by atoms with Crippen LogP contribution in [0.1, 0.15) is 40.9 Å². The lowest BCUT2D eigenvalue weighted by Gasteiger charge is -2.15. The SMILES string of the molecule is CCc1cc(C(C)=O)c(OC)cc1OCc1cccc(C#N)c1. The highest BCUT2D eigenvalue weighted by molar-refractivity contribution is 5.97. The molecule has 4 nitrogen and oxygen atoms in total. The van der Waals surface area contributed by atoms with Crippen molar-refractivity contribution in [2.45, 2.75) is 26.9 Å². The van der Waals surface area contributed by atoms with E-state index in [1.165, 1.54) is 14.0 Å². The molecule has 0 aliphatic heterocycles. The van der Waals surface area contributed by atoms with Crippen LogP contribution in [-0.2, 0) is 13.0 Å². The maximum Gasteiger partial charge on any atom is 0.163 e. The lowest BCUT2D eigenvalue weighted by Crippen LogP contribution is -2.03. The Morgan fingerprint density at radius 1 is 1.22 bits per heavy atom. The van der Waals surface area contributed by atoms with Gasteiger partial charge in [0.1, 0.15) is 18.1 Å². The molecule has 23 heavy (non-hydrogen) atoms. The Morgan fingerprint density at radius 2 is 2.00 bits per heavy atom. The van der Waals surface area contributed by atoms with Gasteiger partial charge >= 0.3 is 0 Å². The van der Waals surface area contributed by atoms with E-state index in [0.717, 1.165) is 17.5 Å². The molecule has 4 heteroatoms. The van der Waals surface area contributed by atoms with Crippen molar-refractivity contribution in [1.82, 2.24) is 0 Å². The van der Waals surface area contributed by atoms with Gasteiger partial charge in [-0.05, 0) is 42.7 Å². The highest BCUT2D eigenvalue weighted by Gasteiger charge is 2.14. The maximum absolute atomic E-state index is 11.7. The van der Waals surface area contributed by atoms with Crippen LogP contribution in [-0.4, -0.2) is 12.9 Å². The molecule has 0 atom stereocenters. The molecule has 0 aliphatic rings. The van der Waals surface area contributed by atoms with Gasteiger partial charge in [-0.25, -0.2) is 0 Å². The van der Waals surface area contributed by atoms with Gasteiger partial charge in [0.2, 0.25) is 0 Å². The molecule has 0 fully saturated rings. The maximum atomic E-state index is 11.7. The van der Waals surface area contributed by atoms with E-state index in [4.69, 9.17) is 14.7 Å². The minimum atomic E-state index is -0.0372. The minimum absolute atomic E-state index is 0.0372. The molecule has 0 radical (unpaired) electrons. The summed E-state index contributed by atoms with van der Waals surface area (Å²) < 4.78 is 11.2. The number of benzene rings is 2. The zero-order valence-corrected chi connectivity index (χ0v) is 13.6. The summed E-state index contributed by atoms with van der Waals surface area (Å²) in [5.74, 6) is 1.16. The number of hydrogen-bond acceptors (Lipinski definition) is 4. The van der Waals surface area contributed by atoms with Gasteiger partial charge in [-0.3, -0.25) is 4.79 Å². The van der Waals surface area contributed by atoms with Crippen molar-refractivity contribution in [3.63, 3.8) is 0 Å². The van der Waals surface area contributed by atoms with Gasteiger partial charge < -0.3 is 9.47 Å². The zero-order valence-electron chi connectivity index (χ0n) is 13.6. The number of aryl methyl sites for hydroxylation is 1. The number of rotatable bonds is 6. The van der Waals surface area contributed by atoms with E-state index in [2.05, 4.69) is 6.07 Å². The number of methoxy groups -OCH3 is 1. The first kappa shape index (κ1) is 16.6. The minimum Gasteiger partial charge on any atom is -0.496 e. The molecule has 0 bridgehead atoms. The van der Waals surface area contributed by atoms with Crippen LogP contribution in [0.15, 0.2) is 36.4 Å². The Bertz CT molecular complexity index is 760. The number of ether oxygens (including phenoxy) is 2. The van der Waals surface area contributed by atoms with Gasteiger partial charge in [-0.1, -0.05) is 19.1 Å². The summed E-state index contributed by atoms with van der Waals surface area (Å²) in [7, 11) is 1.54. The molecule has 2 aromatic rings. The van der Waals surface area contributed by atoms with Gasteiger partial charge in [-0.15, -0.1) is 0 Å². The van der Waals surface area contributed by atoms with E-state index >= 15 is 0 Å². The van der Waals surface area contributed by atoms with Crippen molar-refractivity contribution in [3.05, 3.63) is 58.7 Å². The Labute approximate surface area is 136 Å². The fraction of sp³-hybridized carbons (Fsp3) is 0.263. The van der Waals surface area contributed by atoms with Gasteiger partial charge in [0.25, 0.3) is 0 Å².